The largest absolute Gasteiger partial charge is 0.326 e. The highest BCUT2D eigenvalue weighted by Crippen LogP contribution is 2.24. The molecule has 0 atom stereocenters. The number of hydrazone groups is 1. The summed E-state index contributed by atoms with van der Waals surface area (Å²) in [5.74, 6) is -0.612. The molecule has 21 heavy (non-hydrogen) atoms. The lowest BCUT2D eigenvalue weighted by atomic mass is 10.2. The number of carbonyl (C=O) groups is 2. The smallest absolute Gasteiger partial charge is 0.242 e. The fourth-order valence-corrected chi connectivity index (χ4v) is 1.63. The molecule has 0 aliphatic heterocycles. The second-order valence-electron chi connectivity index (χ2n) is 4.83. The maximum absolute atomic E-state index is 11.8. The maximum Gasteiger partial charge on any atom is 0.242 e. The summed E-state index contributed by atoms with van der Waals surface area (Å²) in [6.45, 7) is 5.18. The van der Waals surface area contributed by atoms with Gasteiger partial charge in [-0.1, -0.05) is 37.0 Å². The Balaban J connectivity index is 2.54. The van der Waals surface area contributed by atoms with Crippen LogP contribution in [-0.4, -0.2) is 17.5 Å². The Kier molecular flexibility index (Phi) is 6.65. The van der Waals surface area contributed by atoms with Crippen molar-refractivity contribution in [2.45, 2.75) is 27.2 Å². The van der Waals surface area contributed by atoms with Gasteiger partial charge in [0.05, 0.1) is 16.5 Å². The average molecular weight is 330 g/mol. The zero-order chi connectivity index (χ0) is 16.0. The van der Waals surface area contributed by atoms with Gasteiger partial charge in [-0.2, -0.15) is 5.10 Å². The summed E-state index contributed by atoms with van der Waals surface area (Å²) < 4.78 is 0. The van der Waals surface area contributed by atoms with E-state index < -0.39 is 0 Å². The number of carbonyl (C=O) groups excluding carboxylic acids is 2. The molecule has 7 heteroatoms. The van der Waals surface area contributed by atoms with Gasteiger partial charge < -0.3 is 5.32 Å². The molecule has 5 nitrogen and oxygen atoms in total. The SMILES string of the molecule is C/C(CC(=O)Nc1ccc(Cl)c(Cl)c1)=N/NC(=O)C(C)C. The number of anilines is 1. The Hall–Kier alpha value is -1.59. The second kappa shape index (κ2) is 8.00. The van der Waals surface area contributed by atoms with E-state index >= 15 is 0 Å². The number of rotatable bonds is 5. The molecule has 1 aromatic rings. The highest BCUT2D eigenvalue weighted by Gasteiger charge is 2.08. The number of amides is 2. The van der Waals surface area contributed by atoms with Crippen molar-refractivity contribution in [3.63, 3.8) is 0 Å². The van der Waals surface area contributed by atoms with Crippen molar-refractivity contribution in [2.75, 3.05) is 5.32 Å². The maximum atomic E-state index is 11.8. The summed E-state index contributed by atoms with van der Waals surface area (Å²) in [5.41, 5.74) is 3.45. The first kappa shape index (κ1) is 17.5. The van der Waals surface area contributed by atoms with E-state index in [0.717, 1.165) is 0 Å². The number of nitrogens with zero attached hydrogens (tertiary/aromatic N) is 1. The van der Waals surface area contributed by atoms with E-state index in [4.69, 9.17) is 23.2 Å². The van der Waals surface area contributed by atoms with E-state index in [9.17, 15) is 9.59 Å². The van der Waals surface area contributed by atoms with Crippen LogP contribution in [0.2, 0.25) is 10.0 Å². The van der Waals surface area contributed by atoms with Crippen molar-refractivity contribution >= 4 is 46.4 Å². The monoisotopic (exact) mass is 329 g/mol. The molecule has 0 saturated carbocycles. The molecule has 1 aromatic carbocycles. The van der Waals surface area contributed by atoms with Crippen LogP contribution in [0.5, 0.6) is 0 Å². The molecule has 0 aliphatic rings. The third-order valence-electron chi connectivity index (χ3n) is 2.50. The second-order valence-corrected chi connectivity index (χ2v) is 5.65. The van der Waals surface area contributed by atoms with Gasteiger partial charge in [0.1, 0.15) is 0 Å². The standard InChI is InChI=1S/C14H17Cl2N3O2/c1-8(2)14(21)19-18-9(3)6-13(20)17-10-4-5-11(15)12(16)7-10/h4-5,7-8H,6H2,1-3H3,(H,17,20)(H,19,21)/b18-9-. The summed E-state index contributed by atoms with van der Waals surface area (Å²) >= 11 is 11.7. The minimum Gasteiger partial charge on any atom is -0.326 e. The highest BCUT2D eigenvalue weighted by atomic mass is 35.5. The van der Waals surface area contributed by atoms with Gasteiger partial charge in [-0.15, -0.1) is 0 Å². The Morgan fingerprint density at radius 1 is 1.24 bits per heavy atom. The summed E-state index contributed by atoms with van der Waals surface area (Å²) in [6, 6.07) is 4.82. The van der Waals surface area contributed by atoms with Crippen molar-refractivity contribution in [3.8, 4) is 0 Å². The average Bonchev–Trinajstić information content (AvgIpc) is 2.40. The predicted octanol–water partition coefficient (Wildman–Crippen LogP) is 3.47. The van der Waals surface area contributed by atoms with Gasteiger partial charge >= 0.3 is 0 Å². The van der Waals surface area contributed by atoms with Gasteiger partial charge in [0.25, 0.3) is 0 Å². The lowest BCUT2D eigenvalue weighted by Crippen LogP contribution is -2.25. The fraction of sp³-hybridized carbons (Fsp3) is 0.357. The van der Waals surface area contributed by atoms with Crippen LogP contribution < -0.4 is 10.7 Å². The third kappa shape index (κ3) is 6.14. The quantitative estimate of drug-likeness (QED) is 0.641. The number of benzene rings is 1. The molecule has 0 aliphatic carbocycles. The molecule has 0 unspecified atom stereocenters. The van der Waals surface area contributed by atoms with Crippen molar-refractivity contribution in [1.29, 1.82) is 0 Å². The van der Waals surface area contributed by atoms with E-state index in [1.807, 2.05) is 0 Å². The summed E-state index contributed by atoms with van der Waals surface area (Å²) in [4.78, 5) is 23.2. The normalized spacial score (nSPS) is 11.4. The van der Waals surface area contributed by atoms with Gasteiger partial charge in [-0.3, -0.25) is 9.59 Å². The van der Waals surface area contributed by atoms with Crippen molar-refractivity contribution in [1.82, 2.24) is 5.43 Å². The molecule has 114 valence electrons. The van der Waals surface area contributed by atoms with Crippen molar-refractivity contribution in [3.05, 3.63) is 28.2 Å². The Bertz CT molecular complexity index is 571. The summed E-state index contributed by atoms with van der Waals surface area (Å²) in [5, 5.41) is 7.33. The Morgan fingerprint density at radius 3 is 2.48 bits per heavy atom. The minimum atomic E-state index is -0.256. The van der Waals surface area contributed by atoms with Crippen LogP contribution in [0.25, 0.3) is 0 Å². The first-order chi connectivity index (χ1) is 9.79. The lowest BCUT2D eigenvalue weighted by molar-refractivity contribution is -0.124. The molecule has 0 heterocycles. The van der Waals surface area contributed by atoms with Gasteiger partial charge in [0.15, 0.2) is 0 Å². The highest BCUT2D eigenvalue weighted by molar-refractivity contribution is 6.42. The van der Waals surface area contributed by atoms with Gasteiger partial charge in [-0.25, -0.2) is 5.43 Å². The molecule has 0 fully saturated rings. The first-order valence-corrected chi connectivity index (χ1v) is 7.13. The van der Waals surface area contributed by atoms with Crippen molar-refractivity contribution in [2.24, 2.45) is 11.0 Å². The van der Waals surface area contributed by atoms with E-state index in [0.29, 0.717) is 21.4 Å². The number of hydrogen-bond acceptors (Lipinski definition) is 3. The molecular weight excluding hydrogens is 313 g/mol. The third-order valence-corrected chi connectivity index (χ3v) is 3.24. The summed E-state index contributed by atoms with van der Waals surface area (Å²) in [7, 11) is 0. The van der Waals surface area contributed by atoms with Gasteiger partial charge in [0.2, 0.25) is 11.8 Å². The lowest BCUT2D eigenvalue weighted by Gasteiger charge is -2.07. The zero-order valence-electron chi connectivity index (χ0n) is 12.0. The van der Waals surface area contributed by atoms with Crippen LogP contribution in [0.1, 0.15) is 27.2 Å². The van der Waals surface area contributed by atoms with Crippen molar-refractivity contribution < 1.29 is 9.59 Å². The zero-order valence-corrected chi connectivity index (χ0v) is 13.5. The molecule has 0 bridgehead atoms. The van der Waals surface area contributed by atoms with Crippen LogP contribution in [0.15, 0.2) is 23.3 Å². The van der Waals surface area contributed by atoms with Gasteiger partial charge in [0, 0.05) is 17.3 Å². The molecular formula is C14H17Cl2N3O2. The molecule has 0 saturated heterocycles. The number of hydrogen-bond donors (Lipinski definition) is 2. The van der Waals surface area contributed by atoms with Gasteiger partial charge in [-0.05, 0) is 25.1 Å². The molecule has 0 radical (unpaired) electrons. The minimum absolute atomic E-state index is 0.0681. The molecule has 1 rings (SSSR count). The van der Waals surface area contributed by atoms with Crippen LogP contribution >= 0.6 is 23.2 Å². The fourth-order valence-electron chi connectivity index (χ4n) is 1.33. The molecule has 0 spiro atoms. The van der Waals surface area contributed by atoms with Crippen LogP contribution in [-0.2, 0) is 9.59 Å². The van der Waals surface area contributed by atoms with Crippen LogP contribution in [0.3, 0.4) is 0 Å². The van der Waals surface area contributed by atoms with E-state index in [-0.39, 0.29) is 24.2 Å². The molecule has 2 N–H and O–H groups in total. The summed E-state index contributed by atoms with van der Waals surface area (Å²) in [6.07, 6.45) is 0.0681. The van der Waals surface area contributed by atoms with E-state index in [1.165, 1.54) is 0 Å². The number of halogens is 2. The van der Waals surface area contributed by atoms with E-state index in [2.05, 4.69) is 15.8 Å². The van der Waals surface area contributed by atoms with Crippen LogP contribution in [0, 0.1) is 5.92 Å². The predicted molar refractivity (Wildman–Crippen MR) is 85.8 cm³/mol. The molecule has 0 aromatic heterocycles. The first-order valence-electron chi connectivity index (χ1n) is 6.37. The topological polar surface area (TPSA) is 70.6 Å². The number of nitrogens with one attached hydrogen (secondary N) is 2. The molecule has 2 amide bonds. The Morgan fingerprint density at radius 2 is 1.90 bits per heavy atom. The van der Waals surface area contributed by atoms with Crippen LogP contribution in [0.4, 0.5) is 5.69 Å². The van der Waals surface area contributed by atoms with E-state index in [1.54, 1.807) is 39.0 Å². The Labute approximate surface area is 133 Å².